The van der Waals surface area contributed by atoms with Crippen molar-refractivity contribution in [1.82, 2.24) is 4.48 Å². The number of hydrogen-bond donors (Lipinski definition) is 0. The minimum atomic E-state index is -0.401. The summed E-state index contributed by atoms with van der Waals surface area (Å²) in [6, 6.07) is 8.58. The molecule has 0 N–H and O–H groups in total. The van der Waals surface area contributed by atoms with Gasteiger partial charge in [-0.2, -0.15) is 9.28 Å². The lowest BCUT2D eigenvalue weighted by molar-refractivity contribution is 0.112. The van der Waals surface area contributed by atoms with Gasteiger partial charge in [0.25, 0.3) is 0 Å². The minimum Gasteiger partial charge on any atom is -0.422 e. The fourth-order valence-corrected chi connectivity index (χ4v) is 2.51. The number of quaternary nitrogens is 1. The van der Waals surface area contributed by atoms with Crippen LogP contribution in [0.25, 0.3) is 11.0 Å². The van der Waals surface area contributed by atoms with Gasteiger partial charge >= 0.3 is 11.7 Å². The number of nitrogens with zero attached hydrogens (tertiary/aromatic N) is 1. The third-order valence-electron chi connectivity index (χ3n) is 3.80. The average molecular weight is 290 g/mol. The first-order valence-electron chi connectivity index (χ1n) is 7.16. The molecular weight excluding hydrogens is 270 g/mol. The molecule has 0 saturated carbocycles. The van der Waals surface area contributed by atoms with Crippen LogP contribution in [0.5, 0.6) is 0 Å². The summed E-state index contributed by atoms with van der Waals surface area (Å²) in [7, 11) is 0. The maximum absolute atomic E-state index is 12.4. The lowest BCUT2D eigenvalue weighted by atomic mass is 10.2. The average Bonchev–Trinajstić information content (AvgIpc) is 2.49. The first-order chi connectivity index (χ1) is 10.1. The van der Waals surface area contributed by atoms with E-state index in [0.29, 0.717) is 25.3 Å². The summed E-state index contributed by atoms with van der Waals surface area (Å²) in [5.41, 5.74) is 0.843. The first-order valence-corrected chi connectivity index (χ1v) is 7.16. The molecule has 1 heterocycles. The van der Waals surface area contributed by atoms with E-state index in [9.17, 15) is 9.59 Å². The summed E-state index contributed by atoms with van der Waals surface area (Å²) in [5.74, 6) is 0. The van der Waals surface area contributed by atoms with E-state index < -0.39 is 5.63 Å². The van der Waals surface area contributed by atoms with E-state index in [1.165, 1.54) is 6.07 Å². The Morgan fingerprint density at radius 1 is 1.14 bits per heavy atom. The lowest BCUT2D eigenvalue weighted by Crippen LogP contribution is -2.54. The van der Waals surface area contributed by atoms with Gasteiger partial charge in [-0.05, 0) is 32.9 Å². The molecule has 0 aliphatic carbocycles. The molecule has 2 rings (SSSR count). The van der Waals surface area contributed by atoms with Gasteiger partial charge in [0.05, 0.1) is 19.7 Å². The van der Waals surface area contributed by atoms with E-state index in [0.717, 1.165) is 11.1 Å². The maximum atomic E-state index is 12.4. The summed E-state index contributed by atoms with van der Waals surface area (Å²) in [6.45, 7) is 7.13. The molecule has 5 heteroatoms. The highest BCUT2D eigenvalue weighted by molar-refractivity contribution is 5.87. The highest BCUT2D eigenvalue weighted by Gasteiger charge is 2.38. The van der Waals surface area contributed by atoms with Crippen molar-refractivity contribution in [3.8, 4) is 0 Å². The molecule has 0 atom stereocenters. The normalized spacial score (nSPS) is 11.6. The molecule has 0 aliphatic rings. The molecule has 1 aromatic heterocycles. The van der Waals surface area contributed by atoms with Gasteiger partial charge in [-0.25, -0.2) is 4.79 Å². The number of ether oxygens (including phenoxy) is 1. The van der Waals surface area contributed by atoms with E-state index in [4.69, 9.17) is 9.15 Å². The molecule has 0 aliphatic heterocycles. The van der Waals surface area contributed by atoms with Gasteiger partial charge in [-0.3, -0.25) is 0 Å². The van der Waals surface area contributed by atoms with Crippen LogP contribution in [0.3, 0.4) is 0 Å². The molecule has 1 aromatic carbocycles. The molecule has 0 unspecified atom stereocenters. The van der Waals surface area contributed by atoms with Crippen molar-refractivity contribution in [1.29, 1.82) is 0 Å². The largest absolute Gasteiger partial charge is 0.521 e. The zero-order chi connectivity index (χ0) is 15.5. The zero-order valence-corrected chi connectivity index (χ0v) is 12.6. The summed E-state index contributed by atoms with van der Waals surface area (Å²) in [5, 5.41) is 0.826. The molecular formula is C16H20NO4+. The number of rotatable bonds is 4. The number of benzene rings is 1. The van der Waals surface area contributed by atoms with Crippen LogP contribution in [0, 0.1) is 0 Å². The van der Waals surface area contributed by atoms with Crippen molar-refractivity contribution in [3.05, 3.63) is 40.8 Å². The molecule has 21 heavy (non-hydrogen) atoms. The Bertz CT molecular complexity index is 701. The number of hydrogen-bond acceptors (Lipinski definition) is 4. The second kappa shape index (κ2) is 6.10. The molecule has 0 radical (unpaired) electrons. The van der Waals surface area contributed by atoms with Gasteiger partial charge in [0.15, 0.2) is 0 Å². The zero-order valence-electron chi connectivity index (χ0n) is 12.6. The predicted octanol–water partition coefficient (Wildman–Crippen LogP) is 3.30. The van der Waals surface area contributed by atoms with Crippen LogP contribution in [0.15, 0.2) is 39.5 Å². The van der Waals surface area contributed by atoms with Gasteiger partial charge in [-0.1, -0.05) is 0 Å². The van der Waals surface area contributed by atoms with E-state index >= 15 is 0 Å². The number of carbonyl (C=O) groups is 1. The minimum absolute atomic E-state index is 0.0718. The van der Waals surface area contributed by atoms with Crippen LogP contribution in [0.4, 0.5) is 10.5 Å². The summed E-state index contributed by atoms with van der Waals surface area (Å²) < 4.78 is 10.5. The molecule has 0 fully saturated rings. The van der Waals surface area contributed by atoms with Crippen molar-refractivity contribution in [2.24, 2.45) is 0 Å². The number of fused-ring (bicyclic) bond motifs is 1. The highest BCUT2D eigenvalue weighted by Crippen LogP contribution is 2.28. The third kappa shape index (κ3) is 2.69. The van der Waals surface area contributed by atoms with Crippen LogP contribution >= 0.6 is 0 Å². The van der Waals surface area contributed by atoms with Crippen molar-refractivity contribution < 1.29 is 13.9 Å². The summed E-state index contributed by atoms with van der Waals surface area (Å²) >= 11 is 0. The van der Waals surface area contributed by atoms with Crippen molar-refractivity contribution >= 4 is 22.7 Å². The molecule has 112 valence electrons. The quantitative estimate of drug-likeness (QED) is 0.640. The fraction of sp³-hybridized carbons (Fsp3) is 0.375. The standard InChI is InChI=1S/C16H20NO4/c1-4-17(5-2,16(19)20-6-3)13-9-7-12-8-10-15(18)21-14(12)11-13/h7-11H,4-6H2,1-3H3/q+1. The number of amides is 1. The molecule has 0 saturated heterocycles. The van der Waals surface area contributed by atoms with E-state index in [2.05, 4.69) is 0 Å². The topological polar surface area (TPSA) is 56.5 Å². The van der Waals surface area contributed by atoms with Crippen LogP contribution in [0.2, 0.25) is 0 Å². The monoisotopic (exact) mass is 290 g/mol. The Kier molecular flexibility index (Phi) is 4.43. The van der Waals surface area contributed by atoms with Gasteiger partial charge in [0, 0.05) is 23.6 Å². The third-order valence-corrected chi connectivity index (χ3v) is 3.80. The molecule has 2 aromatic rings. The first kappa shape index (κ1) is 15.3. The Labute approximate surface area is 123 Å². The van der Waals surface area contributed by atoms with Gasteiger partial charge in [0.2, 0.25) is 0 Å². The lowest BCUT2D eigenvalue weighted by Gasteiger charge is -2.31. The molecule has 5 nitrogen and oxygen atoms in total. The summed E-state index contributed by atoms with van der Waals surface area (Å²) in [6.07, 6.45) is -0.292. The highest BCUT2D eigenvalue weighted by atomic mass is 16.6. The van der Waals surface area contributed by atoms with E-state index in [1.807, 2.05) is 26.0 Å². The molecule has 1 amide bonds. The van der Waals surface area contributed by atoms with Crippen molar-refractivity contribution in [2.45, 2.75) is 20.8 Å². The van der Waals surface area contributed by atoms with Gasteiger partial charge in [-0.15, -0.1) is 0 Å². The smallest absolute Gasteiger partial charge is 0.422 e. The second-order valence-electron chi connectivity index (χ2n) is 4.78. The van der Waals surface area contributed by atoms with Crippen LogP contribution in [-0.4, -0.2) is 25.8 Å². The summed E-state index contributed by atoms with van der Waals surface area (Å²) in [4.78, 5) is 23.7. The maximum Gasteiger partial charge on any atom is 0.521 e. The van der Waals surface area contributed by atoms with Crippen molar-refractivity contribution in [3.63, 3.8) is 0 Å². The van der Waals surface area contributed by atoms with Crippen LogP contribution in [-0.2, 0) is 4.74 Å². The molecule has 0 spiro atoms. The van der Waals surface area contributed by atoms with Gasteiger partial charge < -0.3 is 9.15 Å². The SMILES string of the molecule is CCOC(=O)[N+](CC)(CC)c1ccc2ccc(=O)oc2c1. The van der Waals surface area contributed by atoms with E-state index in [-0.39, 0.29) is 10.6 Å². The second-order valence-corrected chi connectivity index (χ2v) is 4.78. The van der Waals surface area contributed by atoms with Crippen LogP contribution in [0.1, 0.15) is 20.8 Å². The Morgan fingerprint density at radius 2 is 1.81 bits per heavy atom. The fourth-order valence-electron chi connectivity index (χ4n) is 2.51. The van der Waals surface area contributed by atoms with E-state index in [1.54, 1.807) is 19.1 Å². The predicted molar refractivity (Wildman–Crippen MR) is 82.4 cm³/mol. The van der Waals surface area contributed by atoms with Crippen molar-refractivity contribution in [2.75, 3.05) is 19.7 Å². The van der Waals surface area contributed by atoms with Crippen LogP contribution < -0.4 is 10.1 Å². The molecule has 0 bridgehead atoms. The Hall–Kier alpha value is -2.14. The van der Waals surface area contributed by atoms with Gasteiger partial charge in [0.1, 0.15) is 11.3 Å². The Balaban J connectivity index is 2.59. The Morgan fingerprint density at radius 3 is 2.43 bits per heavy atom. The number of carbonyl (C=O) groups excluding carboxylic acids is 1.